The van der Waals surface area contributed by atoms with E-state index in [-0.39, 0.29) is 34.1 Å². The van der Waals surface area contributed by atoms with Gasteiger partial charge in [0, 0.05) is 34.1 Å². The van der Waals surface area contributed by atoms with Crippen LogP contribution in [0.15, 0.2) is 109 Å². The van der Waals surface area contributed by atoms with Gasteiger partial charge in [-0.15, -0.1) is 11.1 Å². The molecule has 4 rings (SSSR count). The van der Waals surface area contributed by atoms with E-state index in [2.05, 4.69) is 62.4 Å². The Bertz CT molecular complexity index is 626. The third kappa shape index (κ3) is 11.2. The minimum absolute atomic E-state index is 0. The van der Waals surface area contributed by atoms with Crippen molar-refractivity contribution in [3.63, 3.8) is 0 Å². The van der Waals surface area contributed by atoms with Crippen LogP contribution in [0.3, 0.4) is 0 Å². The Morgan fingerprint density at radius 2 is 0.893 bits per heavy atom. The van der Waals surface area contributed by atoms with E-state index in [0.717, 1.165) is 0 Å². The topological polar surface area (TPSA) is 0 Å². The molecule has 0 aliphatic heterocycles. The Hall–Kier alpha value is -0.861. The van der Waals surface area contributed by atoms with Gasteiger partial charge in [0.2, 0.25) is 0 Å². The average Bonchev–Trinajstić information content (AvgIpc) is 3.50. The van der Waals surface area contributed by atoms with Crippen LogP contribution < -0.4 is 0 Å². The predicted molar refractivity (Wildman–Crippen MR) is 120 cm³/mol. The van der Waals surface area contributed by atoms with Gasteiger partial charge >= 0.3 is 0 Å². The molecule has 0 radical (unpaired) electrons. The normalized spacial score (nSPS) is 11.4. The van der Waals surface area contributed by atoms with Crippen molar-refractivity contribution in [3.05, 3.63) is 120 Å². The molecular weight excluding hydrogens is 464 g/mol. The second kappa shape index (κ2) is 17.0. The quantitative estimate of drug-likeness (QED) is 0.157. The molecule has 4 heteroatoms. The second-order valence-corrected chi connectivity index (χ2v) is 8.79. The Morgan fingerprint density at radius 3 is 1.14 bits per heavy atom. The first kappa shape index (κ1) is 27.1. The molecule has 4 aromatic carbocycles. The van der Waals surface area contributed by atoms with Gasteiger partial charge in [0.05, 0.1) is 0 Å². The summed E-state index contributed by atoms with van der Waals surface area (Å²) < 4.78 is 0. The molecule has 0 fully saturated rings. The van der Waals surface area contributed by atoms with E-state index in [1.54, 1.807) is 0 Å². The third-order valence-electron chi connectivity index (χ3n) is 3.77. The zero-order valence-electron chi connectivity index (χ0n) is 16.1. The maximum absolute atomic E-state index is 2.27. The summed E-state index contributed by atoms with van der Waals surface area (Å²) in [6, 6.07) is 37.2. The largest absolute Gasteiger partial charge is 0.748 e. The van der Waals surface area contributed by atoms with Crippen LogP contribution in [-0.2, 0) is 34.1 Å². The van der Waals surface area contributed by atoms with Crippen molar-refractivity contribution in [3.8, 4) is 0 Å². The zero-order valence-corrected chi connectivity index (χ0v) is 19.9. The number of hydrogen-bond donors (Lipinski definition) is 0. The summed E-state index contributed by atoms with van der Waals surface area (Å²) in [4.78, 5) is 0. The van der Waals surface area contributed by atoms with Gasteiger partial charge < -0.3 is 30.3 Å². The standard InChI is InChI=1S/C14H16S2.2C5H5.2Fe/c1-11(13-7-3-4-8-13)15-16-12(2)14-9-5-6-10-14;2*1-2-4-5-3-1;;/h3-12H,1-2H3;2*1-5H;;/q-2;-5;-1;;. The molecule has 0 heterocycles. The molecule has 0 nitrogen and oxygen atoms in total. The van der Waals surface area contributed by atoms with Crippen LogP contribution in [0.1, 0.15) is 35.5 Å². The molecule has 0 amide bonds. The first-order valence-electron chi connectivity index (χ1n) is 8.86. The van der Waals surface area contributed by atoms with Gasteiger partial charge in [0.15, 0.2) is 0 Å². The summed E-state index contributed by atoms with van der Waals surface area (Å²) in [5, 5.41) is 1.13. The van der Waals surface area contributed by atoms with Crippen molar-refractivity contribution in [2.45, 2.75) is 24.3 Å². The summed E-state index contributed by atoms with van der Waals surface area (Å²) in [7, 11) is 3.91. The van der Waals surface area contributed by atoms with E-state index >= 15 is 0 Å². The van der Waals surface area contributed by atoms with Gasteiger partial charge in [-0.2, -0.15) is 42.5 Å². The van der Waals surface area contributed by atoms with Crippen LogP contribution in [0.5, 0.6) is 0 Å². The summed E-state index contributed by atoms with van der Waals surface area (Å²) in [6.07, 6.45) is 0. The molecule has 0 bridgehead atoms. The minimum Gasteiger partial charge on any atom is -0.748 e. The predicted octanol–water partition coefficient (Wildman–Crippen LogP) is 8.13. The van der Waals surface area contributed by atoms with E-state index in [4.69, 9.17) is 0 Å². The van der Waals surface area contributed by atoms with Crippen molar-refractivity contribution in [1.82, 2.24) is 0 Å². The monoisotopic (exact) mass is 490 g/mol. The van der Waals surface area contributed by atoms with E-state index in [9.17, 15) is 0 Å². The van der Waals surface area contributed by atoms with Crippen molar-refractivity contribution in [2.24, 2.45) is 0 Å². The van der Waals surface area contributed by atoms with Crippen LogP contribution >= 0.6 is 21.6 Å². The Morgan fingerprint density at radius 1 is 0.571 bits per heavy atom. The van der Waals surface area contributed by atoms with Gasteiger partial charge in [-0.3, -0.25) is 0 Å². The maximum Gasteiger partial charge on any atom is 0 e. The molecule has 0 spiro atoms. The molecule has 0 N–H and O–H groups in total. The molecule has 28 heavy (non-hydrogen) atoms. The van der Waals surface area contributed by atoms with Crippen molar-refractivity contribution in [1.29, 1.82) is 0 Å². The van der Waals surface area contributed by atoms with Crippen LogP contribution in [-0.4, -0.2) is 0 Å². The van der Waals surface area contributed by atoms with E-state index in [1.165, 1.54) is 11.1 Å². The molecule has 0 aromatic heterocycles. The molecule has 158 valence electrons. The molecule has 0 saturated carbocycles. The summed E-state index contributed by atoms with van der Waals surface area (Å²) in [5.74, 6) is 0. The summed E-state index contributed by atoms with van der Waals surface area (Å²) >= 11 is 0. The van der Waals surface area contributed by atoms with Gasteiger partial charge in [-0.05, 0) is 10.5 Å². The van der Waals surface area contributed by atoms with Gasteiger partial charge in [-0.25, -0.2) is 36.4 Å². The van der Waals surface area contributed by atoms with Crippen LogP contribution in [0.25, 0.3) is 0 Å². The molecule has 0 aliphatic rings. The Balaban J connectivity index is 0.000000500. The van der Waals surface area contributed by atoms with E-state index in [1.807, 2.05) is 82.3 Å². The van der Waals surface area contributed by atoms with E-state index < -0.39 is 0 Å². The second-order valence-electron chi connectivity index (χ2n) is 5.84. The average molecular weight is 490 g/mol. The van der Waals surface area contributed by atoms with Gasteiger partial charge in [-0.1, -0.05) is 35.4 Å². The van der Waals surface area contributed by atoms with Gasteiger partial charge in [0.1, 0.15) is 0 Å². The van der Waals surface area contributed by atoms with Gasteiger partial charge in [0.25, 0.3) is 0 Å². The zero-order chi connectivity index (χ0) is 18.5. The Labute approximate surface area is 199 Å². The number of rotatable bonds is 5. The summed E-state index contributed by atoms with van der Waals surface area (Å²) in [6.45, 7) is 4.54. The SMILES string of the molecule is CC(SSC(C)[c-]1cccc1)[c-]1cccc1.[Fe].[Fe].[cH-]1[cH-][cH-][cH-][cH-]1.c1cc[cH-]c1. The fourth-order valence-electron chi connectivity index (χ4n) is 2.24. The first-order chi connectivity index (χ1) is 12.8. The first-order valence-corrected chi connectivity index (χ1v) is 11.1. The maximum atomic E-state index is 2.27. The van der Waals surface area contributed by atoms with E-state index in [0.29, 0.717) is 10.5 Å². The molecular formula is C24H26Fe2S2-8. The molecule has 4 aromatic rings. The van der Waals surface area contributed by atoms with Crippen molar-refractivity contribution < 1.29 is 34.1 Å². The Kier molecular flexibility index (Phi) is 16.5. The summed E-state index contributed by atoms with van der Waals surface area (Å²) in [5.41, 5.74) is 2.85. The molecule has 2 atom stereocenters. The number of hydrogen-bond acceptors (Lipinski definition) is 2. The van der Waals surface area contributed by atoms with Crippen LogP contribution in [0.2, 0.25) is 0 Å². The van der Waals surface area contributed by atoms with Crippen molar-refractivity contribution >= 4 is 21.6 Å². The molecule has 2 unspecified atom stereocenters. The minimum atomic E-state index is 0. The molecule has 0 aliphatic carbocycles. The smallest absolute Gasteiger partial charge is 0 e. The van der Waals surface area contributed by atoms with Crippen LogP contribution in [0.4, 0.5) is 0 Å². The van der Waals surface area contributed by atoms with Crippen molar-refractivity contribution in [2.75, 3.05) is 0 Å². The van der Waals surface area contributed by atoms with Crippen LogP contribution in [0, 0.1) is 0 Å². The third-order valence-corrected chi connectivity index (χ3v) is 7.07. The molecule has 0 saturated heterocycles. The fraction of sp³-hybridized carbons (Fsp3) is 0.167. The fourth-order valence-corrected chi connectivity index (χ4v) is 4.78.